The van der Waals surface area contributed by atoms with Crippen molar-refractivity contribution < 1.29 is 14.6 Å². The average molecular weight is 243 g/mol. The molecule has 0 radical (unpaired) electrons. The number of carbonyl (C=O) groups is 1. The van der Waals surface area contributed by atoms with Crippen molar-refractivity contribution in [1.29, 1.82) is 0 Å². The molecule has 0 aromatic heterocycles. The summed E-state index contributed by atoms with van der Waals surface area (Å²) >= 11 is 0. The Kier molecular flexibility index (Phi) is 5.40. The molecule has 0 bridgehead atoms. The Bertz CT molecular complexity index is 249. The number of carboxylic acid groups (broad SMARTS) is 1. The maximum Gasteiger partial charge on any atom is 0.310 e. The first kappa shape index (κ1) is 14.5. The molecule has 0 amide bonds. The van der Waals surface area contributed by atoms with Crippen LogP contribution in [0.1, 0.15) is 39.5 Å². The van der Waals surface area contributed by atoms with Gasteiger partial charge in [-0.15, -0.1) is 0 Å². The highest BCUT2D eigenvalue weighted by atomic mass is 16.5. The van der Waals surface area contributed by atoms with Crippen LogP contribution in [0.15, 0.2) is 0 Å². The van der Waals surface area contributed by atoms with Crippen LogP contribution >= 0.6 is 0 Å². The van der Waals surface area contributed by atoms with E-state index in [1.807, 2.05) is 13.8 Å². The Balaban J connectivity index is 2.49. The topological polar surface area (TPSA) is 49.8 Å². The fourth-order valence-electron chi connectivity index (χ4n) is 2.60. The molecule has 1 atom stereocenters. The molecule has 4 heteroatoms. The van der Waals surface area contributed by atoms with E-state index in [0.29, 0.717) is 12.6 Å². The van der Waals surface area contributed by atoms with E-state index < -0.39 is 11.4 Å². The Labute approximate surface area is 104 Å². The maximum absolute atomic E-state index is 11.4. The number of hydrogen-bond donors (Lipinski definition) is 1. The van der Waals surface area contributed by atoms with Crippen LogP contribution in [0.4, 0.5) is 0 Å². The molecule has 0 saturated carbocycles. The number of piperidine rings is 1. The lowest BCUT2D eigenvalue weighted by Gasteiger charge is -2.36. The lowest BCUT2D eigenvalue weighted by atomic mass is 9.84. The van der Waals surface area contributed by atoms with Gasteiger partial charge in [-0.2, -0.15) is 0 Å². The summed E-state index contributed by atoms with van der Waals surface area (Å²) in [5, 5.41) is 9.34. The van der Waals surface area contributed by atoms with Gasteiger partial charge in [-0.05, 0) is 26.2 Å². The van der Waals surface area contributed by atoms with Crippen LogP contribution in [0.3, 0.4) is 0 Å². The van der Waals surface area contributed by atoms with E-state index in [1.54, 1.807) is 7.11 Å². The van der Waals surface area contributed by atoms with Crippen LogP contribution in [0.25, 0.3) is 0 Å². The van der Waals surface area contributed by atoms with Gasteiger partial charge in [0.2, 0.25) is 0 Å². The highest BCUT2D eigenvalue weighted by Gasteiger charge is 2.35. The van der Waals surface area contributed by atoms with Gasteiger partial charge in [0.15, 0.2) is 0 Å². The van der Waals surface area contributed by atoms with Crippen molar-refractivity contribution in [3.8, 4) is 0 Å². The first-order valence-electron chi connectivity index (χ1n) is 6.50. The van der Waals surface area contributed by atoms with E-state index in [-0.39, 0.29) is 0 Å². The molecular weight excluding hydrogens is 218 g/mol. The van der Waals surface area contributed by atoms with Crippen molar-refractivity contribution in [3.05, 3.63) is 0 Å². The van der Waals surface area contributed by atoms with Crippen molar-refractivity contribution in [2.24, 2.45) is 5.41 Å². The summed E-state index contributed by atoms with van der Waals surface area (Å²) in [5.41, 5.74) is -0.603. The van der Waals surface area contributed by atoms with Gasteiger partial charge in [-0.3, -0.25) is 4.79 Å². The first-order chi connectivity index (χ1) is 8.01. The van der Waals surface area contributed by atoms with Gasteiger partial charge in [-0.1, -0.05) is 13.3 Å². The van der Waals surface area contributed by atoms with Gasteiger partial charge < -0.3 is 14.7 Å². The van der Waals surface area contributed by atoms with Crippen molar-refractivity contribution >= 4 is 5.97 Å². The van der Waals surface area contributed by atoms with Gasteiger partial charge in [-0.25, -0.2) is 0 Å². The highest BCUT2D eigenvalue weighted by Crippen LogP contribution is 2.26. The second-order valence-corrected chi connectivity index (χ2v) is 5.33. The van der Waals surface area contributed by atoms with Gasteiger partial charge in [0, 0.05) is 26.7 Å². The third-order valence-electron chi connectivity index (χ3n) is 3.76. The van der Waals surface area contributed by atoms with Crippen molar-refractivity contribution in [1.82, 2.24) is 4.90 Å². The molecule has 1 fully saturated rings. The number of methoxy groups -OCH3 is 1. The Morgan fingerprint density at radius 3 is 2.47 bits per heavy atom. The third-order valence-corrected chi connectivity index (χ3v) is 3.76. The molecule has 1 aliphatic rings. The number of rotatable bonds is 6. The fourth-order valence-corrected chi connectivity index (χ4v) is 2.60. The van der Waals surface area contributed by atoms with Crippen LogP contribution in [0, 0.1) is 5.41 Å². The molecule has 1 aliphatic heterocycles. The Morgan fingerprint density at radius 2 is 2.06 bits per heavy atom. The quantitative estimate of drug-likeness (QED) is 0.775. The van der Waals surface area contributed by atoms with Gasteiger partial charge >= 0.3 is 5.97 Å². The molecule has 0 aromatic rings. The lowest BCUT2D eigenvalue weighted by Crippen LogP contribution is -2.45. The molecular formula is C13H25NO3. The molecule has 1 rings (SSSR count). The van der Waals surface area contributed by atoms with Gasteiger partial charge in [0.1, 0.15) is 0 Å². The Morgan fingerprint density at radius 1 is 1.47 bits per heavy atom. The number of ether oxygens (including phenoxy) is 1. The largest absolute Gasteiger partial charge is 0.481 e. The summed E-state index contributed by atoms with van der Waals surface area (Å²) in [5.74, 6) is -0.673. The summed E-state index contributed by atoms with van der Waals surface area (Å²) in [6, 6.07) is 0. The molecule has 17 heavy (non-hydrogen) atoms. The SMILES string of the molecule is CCCC(C)(CN1CCC(OC)CC1)C(=O)O. The predicted octanol–water partition coefficient (Wildman–Crippen LogP) is 1.99. The summed E-state index contributed by atoms with van der Waals surface area (Å²) in [7, 11) is 1.75. The monoisotopic (exact) mass is 243 g/mol. The highest BCUT2D eigenvalue weighted by molar-refractivity contribution is 5.74. The minimum Gasteiger partial charge on any atom is -0.481 e. The zero-order valence-electron chi connectivity index (χ0n) is 11.2. The predicted molar refractivity (Wildman–Crippen MR) is 67.1 cm³/mol. The minimum atomic E-state index is -0.673. The molecule has 1 saturated heterocycles. The summed E-state index contributed by atoms with van der Waals surface area (Å²) in [6.45, 7) is 6.46. The van der Waals surface area contributed by atoms with Gasteiger partial charge in [0.05, 0.1) is 11.5 Å². The number of carboxylic acids is 1. The summed E-state index contributed by atoms with van der Waals surface area (Å²) in [6.07, 6.45) is 4.04. The molecule has 1 heterocycles. The standard InChI is InChI=1S/C13H25NO3/c1-4-7-13(2,12(15)16)10-14-8-5-11(17-3)6-9-14/h11H,4-10H2,1-3H3,(H,15,16). The van der Waals surface area contributed by atoms with Gasteiger partial charge in [0.25, 0.3) is 0 Å². The van der Waals surface area contributed by atoms with Crippen LogP contribution in [-0.4, -0.2) is 48.8 Å². The van der Waals surface area contributed by atoms with E-state index in [4.69, 9.17) is 4.74 Å². The molecule has 100 valence electrons. The van der Waals surface area contributed by atoms with Crippen molar-refractivity contribution in [2.45, 2.75) is 45.6 Å². The van der Waals surface area contributed by atoms with Crippen LogP contribution in [0.2, 0.25) is 0 Å². The second kappa shape index (κ2) is 6.36. The third kappa shape index (κ3) is 3.96. The molecule has 1 unspecified atom stereocenters. The van der Waals surface area contributed by atoms with E-state index in [0.717, 1.165) is 38.8 Å². The molecule has 1 N–H and O–H groups in total. The zero-order valence-corrected chi connectivity index (χ0v) is 11.2. The van der Waals surface area contributed by atoms with Crippen molar-refractivity contribution in [3.63, 3.8) is 0 Å². The normalized spacial score (nSPS) is 22.3. The lowest BCUT2D eigenvalue weighted by molar-refractivity contribution is -0.150. The number of hydrogen-bond acceptors (Lipinski definition) is 3. The second-order valence-electron chi connectivity index (χ2n) is 5.33. The number of likely N-dealkylation sites (tertiary alicyclic amines) is 1. The van der Waals surface area contributed by atoms with Crippen LogP contribution in [0.5, 0.6) is 0 Å². The fraction of sp³-hybridized carbons (Fsp3) is 0.923. The molecule has 0 spiro atoms. The Hall–Kier alpha value is -0.610. The van der Waals surface area contributed by atoms with E-state index >= 15 is 0 Å². The number of nitrogens with zero attached hydrogens (tertiary/aromatic N) is 1. The molecule has 0 aliphatic carbocycles. The van der Waals surface area contributed by atoms with E-state index in [9.17, 15) is 9.90 Å². The zero-order chi connectivity index (χ0) is 12.9. The minimum absolute atomic E-state index is 0.355. The summed E-state index contributed by atoms with van der Waals surface area (Å²) < 4.78 is 5.32. The molecule has 0 aromatic carbocycles. The average Bonchev–Trinajstić information content (AvgIpc) is 2.30. The van der Waals surface area contributed by atoms with Crippen LogP contribution in [-0.2, 0) is 9.53 Å². The number of aliphatic carboxylic acids is 1. The van der Waals surface area contributed by atoms with E-state index in [1.165, 1.54) is 0 Å². The molecule has 4 nitrogen and oxygen atoms in total. The van der Waals surface area contributed by atoms with Crippen molar-refractivity contribution in [2.75, 3.05) is 26.7 Å². The van der Waals surface area contributed by atoms with Crippen LogP contribution < -0.4 is 0 Å². The summed E-state index contributed by atoms with van der Waals surface area (Å²) in [4.78, 5) is 13.6. The first-order valence-corrected chi connectivity index (χ1v) is 6.50. The van der Waals surface area contributed by atoms with E-state index in [2.05, 4.69) is 4.90 Å². The maximum atomic E-state index is 11.4. The smallest absolute Gasteiger partial charge is 0.310 e.